The predicted molar refractivity (Wildman–Crippen MR) is 69.9 cm³/mol. The zero-order chi connectivity index (χ0) is 11.2. The Hall–Kier alpha value is -1.26. The van der Waals surface area contributed by atoms with Crippen molar-refractivity contribution in [3.8, 4) is 0 Å². The molecule has 0 unspecified atom stereocenters. The predicted octanol–water partition coefficient (Wildman–Crippen LogP) is 4.97. The van der Waals surface area contributed by atoms with Crippen molar-refractivity contribution in [3.63, 3.8) is 0 Å². The maximum Gasteiger partial charge on any atom is -0.0240 e. The second kappa shape index (κ2) is 12.7. The number of hydrogen-bond acceptors (Lipinski definition) is 0. The normalized spacial score (nSPS) is 11.3. The minimum absolute atomic E-state index is 1.07. The lowest BCUT2D eigenvalue weighted by Gasteiger charge is -1.82. The number of hydrogen-bond donors (Lipinski definition) is 0. The summed E-state index contributed by atoms with van der Waals surface area (Å²) in [5, 5.41) is 0. The second-order valence-electron chi connectivity index (χ2n) is 3.21. The van der Waals surface area contributed by atoms with Gasteiger partial charge in [-0.3, -0.25) is 0 Å². The van der Waals surface area contributed by atoms with Crippen molar-refractivity contribution >= 4 is 0 Å². The Bertz CT molecular complexity index is 258. The Morgan fingerprint density at radius 2 is 1.47 bits per heavy atom. The lowest BCUT2D eigenvalue weighted by atomic mass is 10.2. The van der Waals surface area contributed by atoms with Crippen molar-refractivity contribution in [1.82, 2.24) is 0 Å². The minimum atomic E-state index is 1.07. The summed E-state index contributed by atoms with van der Waals surface area (Å²) >= 11 is 0. The zero-order valence-corrected chi connectivity index (χ0v) is 9.95. The van der Waals surface area contributed by atoms with Crippen molar-refractivity contribution in [1.29, 1.82) is 0 Å². The SMILES string of the molecule is CCC=C=CCC/C=C/C=C/C=C/CC. The summed E-state index contributed by atoms with van der Waals surface area (Å²) < 4.78 is 0. The van der Waals surface area contributed by atoms with E-state index in [0.29, 0.717) is 0 Å². The topological polar surface area (TPSA) is 0 Å². The molecule has 0 aliphatic heterocycles. The van der Waals surface area contributed by atoms with Crippen LogP contribution in [-0.4, -0.2) is 0 Å². The number of rotatable bonds is 7. The van der Waals surface area contributed by atoms with E-state index in [2.05, 4.69) is 68.2 Å². The zero-order valence-electron chi connectivity index (χ0n) is 9.95. The van der Waals surface area contributed by atoms with Gasteiger partial charge in [-0.1, -0.05) is 50.3 Å². The first-order chi connectivity index (χ1) is 7.41. The maximum atomic E-state index is 3.14. The average Bonchev–Trinajstić information content (AvgIpc) is 2.26. The van der Waals surface area contributed by atoms with Gasteiger partial charge in [0.25, 0.3) is 0 Å². The molecule has 0 spiro atoms. The molecule has 0 amide bonds. The third kappa shape index (κ3) is 12.7. The molecular weight excluding hydrogens is 180 g/mol. The Morgan fingerprint density at radius 1 is 0.733 bits per heavy atom. The van der Waals surface area contributed by atoms with E-state index in [1.54, 1.807) is 0 Å². The van der Waals surface area contributed by atoms with Crippen LogP contribution in [0.1, 0.15) is 39.5 Å². The van der Waals surface area contributed by atoms with Gasteiger partial charge in [0.2, 0.25) is 0 Å². The highest BCUT2D eigenvalue weighted by Gasteiger charge is 1.73. The molecule has 0 heteroatoms. The van der Waals surface area contributed by atoms with E-state index in [-0.39, 0.29) is 0 Å². The molecule has 0 nitrogen and oxygen atoms in total. The molecule has 0 fully saturated rings. The first-order valence-electron chi connectivity index (χ1n) is 5.79. The molecule has 0 radical (unpaired) electrons. The van der Waals surface area contributed by atoms with Gasteiger partial charge in [-0.2, -0.15) is 0 Å². The van der Waals surface area contributed by atoms with E-state index in [1.807, 2.05) is 0 Å². The quantitative estimate of drug-likeness (QED) is 0.311. The number of allylic oxidation sites excluding steroid dienone is 7. The molecule has 0 saturated carbocycles. The highest BCUT2D eigenvalue weighted by molar-refractivity contribution is 5.11. The summed E-state index contributed by atoms with van der Waals surface area (Å²) in [6.07, 6.45) is 21.1. The van der Waals surface area contributed by atoms with Crippen LogP contribution in [0.5, 0.6) is 0 Å². The highest BCUT2D eigenvalue weighted by Crippen LogP contribution is 1.93. The molecule has 0 aromatic heterocycles. The molecule has 0 N–H and O–H groups in total. The van der Waals surface area contributed by atoms with Crippen LogP contribution >= 0.6 is 0 Å². The molecule has 0 bridgehead atoms. The molecule has 15 heavy (non-hydrogen) atoms. The van der Waals surface area contributed by atoms with Gasteiger partial charge >= 0.3 is 0 Å². The molecule has 0 heterocycles. The van der Waals surface area contributed by atoms with Gasteiger partial charge in [-0.25, -0.2) is 0 Å². The fraction of sp³-hybridized carbons (Fsp3) is 0.400. The second-order valence-corrected chi connectivity index (χ2v) is 3.21. The third-order valence-electron chi connectivity index (χ3n) is 1.76. The van der Waals surface area contributed by atoms with Gasteiger partial charge in [0, 0.05) is 0 Å². The summed E-state index contributed by atoms with van der Waals surface area (Å²) in [4.78, 5) is 0. The Morgan fingerprint density at radius 3 is 2.13 bits per heavy atom. The molecule has 0 aromatic rings. The van der Waals surface area contributed by atoms with Crippen LogP contribution in [0.15, 0.2) is 54.3 Å². The Labute approximate surface area is 94.4 Å². The van der Waals surface area contributed by atoms with Crippen LogP contribution in [0.25, 0.3) is 0 Å². The lowest BCUT2D eigenvalue weighted by Crippen LogP contribution is -1.62. The van der Waals surface area contributed by atoms with E-state index in [1.165, 1.54) is 0 Å². The van der Waals surface area contributed by atoms with E-state index < -0.39 is 0 Å². The summed E-state index contributed by atoms with van der Waals surface area (Å²) in [6.45, 7) is 4.26. The Balaban J connectivity index is 3.51. The van der Waals surface area contributed by atoms with Gasteiger partial charge in [0.1, 0.15) is 0 Å². The molecule has 0 aliphatic rings. The van der Waals surface area contributed by atoms with Crippen molar-refractivity contribution < 1.29 is 0 Å². The Kier molecular flexibility index (Phi) is 11.7. The molecular formula is C15H22. The van der Waals surface area contributed by atoms with Crippen molar-refractivity contribution in [3.05, 3.63) is 54.3 Å². The highest BCUT2D eigenvalue weighted by atomic mass is 13.8. The van der Waals surface area contributed by atoms with Crippen LogP contribution in [0, 0.1) is 0 Å². The number of unbranched alkanes of at least 4 members (excludes halogenated alkanes) is 1. The van der Waals surface area contributed by atoms with Crippen LogP contribution in [0.3, 0.4) is 0 Å². The smallest absolute Gasteiger partial charge is 0.0240 e. The minimum Gasteiger partial charge on any atom is -0.130 e. The first kappa shape index (κ1) is 13.7. The van der Waals surface area contributed by atoms with Crippen molar-refractivity contribution in [2.75, 3.05) is 0 Å². The molecule has 0 saturated heterocycles. The van der Waals surface area contributed by atoms with Gasteiger partial charge < -0.3 is 0 Å². The molecule has 0 aromatic carbocycles. The third-order valence-corrected chi connectivity index (χ3v) is 1.76. The van der Waals surface area contributed by atoms with Crippen LogP contribution in [0.4, 0.5) is 0 Å². The van der Waals surface area contributed by atoms with Crippen LogP contribution in [-0.2, 0) is 0 Å². The van der Waals surface area contributed by atoms with E-state index in [0.717, 1.165) is 25.7 Å². The lowest BCUT2D eigenvalue weighted by molar-refractivity contribution is 1.05. The van der Waals surface area contributed by atoms with Crippen molar-refractivity contribution in [2.45, 2.75) is 39.5 Å². The standard InChI is InChI=1S/C15H22/c1-3-5-7-9-11-13-15-14-12-10-8-6-4-2/h5-7,9-11,13,15H,3-4,12,14H2,1-2H3/b7-5+,11-9+,15-13+. The average molecular weight is 202 g/mol. The summed E-state index contributed by atoms with van der Waals surface area (Å²) in [7, 11) is 0. The summed E-state index contributed by atoms with van der Waals surface area (Å²) in [5.74, 6) is 0. The first-order valence-corrected chi connectivity index (χ1v) is 5.79. The summed E-state index contributed by atoms with van der Waals surface area (Å²) in [5.41, 5.74) is 3.14. The molecule has 0 atom stereocenters. The largest absolute Gasteiger partial charge is 0.130 e. The van der Waals surface area contributed by atoms with Gasteiger partial charge in [0.05, 0.1) is 0 Å². The maximum absolute atomic E-state index is 3.14. The van der Waals surface area contributed by atoms with Crippen LogP contribution in [0.2, 0.25) is 0 Å². The van der Waals surface area contributed by atoms with Crippen LogP contribution < -0.4 is 0 Å². The van der Waals surface area contributed by atoms with Gasteiger partial charge in [-0.15, -0.1) is 5.73 Å². The van der Waals surface area contributed by atoms with E-state index in [9.17, 15) is 0 Å². The fourth-order valence-corrected chi connectivity index (χ4v) is 0.982. The van der Waals surface area contributed by atoms with E-state index >= 15 is 0 Å². The molecule has 0 rings (SSSR count). The fourth-order valence-electron chi connectivity index (χ4n) is 0.982. The van der Waals surface area contributed by atoms with Crippen molar-refractivity contribution in [2.24, 2.45) is 0 Å². The summed E-state index contributed by atoms with van der Waals surface area (Å²) in [6, 6.07) is 0. The molecule has 82 valence electrons. The monoisotopic (exact) mass is 202 g/mol. The van der Waals surface area contributed by atoms with Gasteiger partial charge in [-0.05, 0) is 37.8 Å². The molecule has 0 aliphatic carbocycles. The van der Waals surface area contributed by atoms with Gasteiger partial charge in [0.15, 0.2) is 0 Å². The van der Waals surface area contributed by atoms with E-state index in [4.69, 9.17) is 0 Å².